The van der Waals surface area contributed by atoms with Crippen LogP contribution in [0.25, 0.3) is 0 Å². The molecule has 7 heteroatoms. The van der Waals surface area contributed by atoms with E-state index in [9.17, 15) is 14.9 Å². The fourth-order valence-electron chi connectivity index (χ4n) is 1.80. The molecule has 0 spiro atoms. The molecule has 1 N–H and O–H groups in total. The van der Waals surface area contributed by atoms with Crippen molar-refractivity contribution in [2.24, 2.45) is 5.92 Å². The molecule has 1 rings (SSSR count). The third-order valence-electron chi connectivity index (χ3n) is 3.18. The average Bonchev–Trinajstić information content (AvgIpc) is 2.45. The molecule has 110 valence electrons. The zero-order valence-corrected chi connectivity index (χ0v) is 12.2. The number of hydrogen-bond donors (Lipinski definition) is 1. The molecule has 1 heterocycles. The molecular formula is C13H20N4O3. The van der Waals surface area contributed by atoms with Gasteiger partial charge in [0.15, 0.2) is 0 Å². The highest BCUT2D eigenvalue weighted by Crippen LogP contribution is 2.20. The molecule has 1 unspecified atom stereocenters. The van der Waals surface area contributed by atoms with E-state index in [0.717, 1.165) is 12.6 Å². The van der Waals surface area contributed by atoms with Crippen molar-refractivity contribution in [3.8, 4) is 0 Å². The summed E-state index contributed by atoms with van der Waals surface area (Å²) in [5.74, 6) is 0.441. The first-order valence-electron chi connectivity index (χ1n) is 6.48. The molecule has 0 bridgehead atoms. The predicted molar refractivity (Wildman–Crippen MR) is 76.9 cm³/mol. The SMILES string of the molecule is CCC(C)CN(C)C(=O)c1cc([N+](=O)[O-])cnc1NC. The Hall–Kier alpha value is -2.18. The first kappa shape index (κ1) is 15.9. The van der Waals surface area contributed by atoms with Crippen molar-refractivity contribution >= 4 is 17.4 Å². The van der Waals surface area contributed by atoms with Gasteiger partial charge in [-0.25, -0.2) is 4.98 Å². The summed E-state index contributed by atoms with van der Waals surface area (Å²) in [6, 6.07) is 1.26. The number of anilines is 1. The molecule has 1 aromatic heterocycles. The third-order valence-corrected chi connectivity index (χ3v) is 3.18. The number of nitrogens with zero attached hydrogens (tertiary/aromatic N) is 3. The van der Waals surface area contributed by atoms with Crippen LogP contribution in [0.5, 0.6) is 0 Å². The number of aromatic nitrogens is 1. The van der Waals surface area contributed by atoms with Gasteiger partial charge in [-0.2, -0.15) is 0 Å². The largest absolute Gasteiger partial charge is 0.372 e. The Labute approximate surface area is 118 Å². The van der Waals surface area contributed by atoms with E-state index in [0.29, 0.717) is 18.3 Å². The first-order chi connectivity index (χ1) is 9.40. The van der Waals surface area contributed by atoms with Crippen molar-refractivity contribution < 1.29 is 9.72 Å². The zero-order valence-electron chi connectivity index (χ0n) is 12.2. The molecule has 0 aliphatic heterocycles. The van der Waals surface area contributed by atoms with E-state index in [2.05, 4.69) is 24.1 Å². The maximum absolute atomic E-state index is 12.4. The Morgan fingerprint density at radius 1 is 1.60 bits per heavy atom. The Kier molecular flexibility index (Phi) is 5.42. The van der Waals surface area contributed by atoms with Crippen LogP contribution in [-0.4, -0.2) is 41.4 Å². The van der Waals surface area contributed by atoms with Gasteiger partial charge in [-0.1, -0.05) is 20.3 Å². The van der Waals surface area contributed by atoms with Gasteiger partial charge in [-0.3, -0.25) is 14.9 Å². The minimum atomic E-state index is -0.558. The van der Waals surface area contributed by atoms with Gasteiger partial charge in [0.1, 0.15) is 12.0 Å². The number of pyridine rings is 1. The van der Waals surface area contributed by atoms with Gasteiger partial charge in [0.25, 0.3) is 11.6 Å². The lowest BCUT2D eigenvalue weighted by Crippen LogP contribution is -2.31. The van der Waals surface area contributed by atoms with Gasteiger partial charge in [-0.05, 0) is 5.92 Å². The van der Waals surface area contributed by atoms with Crippen LogP contribution in [0.2, 0.25) is 0 Å². The van der Waals surface area contributed by atoms with Gasteiger partial charge in [-0.15, -0.1) is 0 Å². The second kappa shape index (κ2) is 6.83. The molecule has 0 saturated heterocycles. The lowest BCUT2D eigenvalue weighted by molar-refractivity contribution is -0.385. The van der Waals surface area contributed by atoms with Gasteiger partial charge >= 0.3 is 0 Å². The highest BCUT2D eigenvalue weighted by Gasteiger charge is 2.21. The summed E-state index contributed by atoms with van der Waals surface area (Å²) in [4.78, 5) is 28.1. The number of nitro groups is 1. The van der Waals surface area contributed by atoms with Crippen LogP contribution in [-0.2, 0) is 0 Å². The third kappa shape index (κ3) is 3.66. The molecule has 1 amide bonds. The number of amides is 1. The van der Waals surface area contributed by atoms with Crippen molar-refractivity contribution in [3.05, 3.63) is 27.9 Å². The Morgan fingerprint density at radius 3 is 2.75 bits per heavy atom. The van der Waals surface area contributed by atoms with Crippen molar-refractivity contribution in [1.29, 1.82) is 0 Å². The van der Waals surface area contributed by atoms with Crippen molar-refractivity contribution in [2.45, 2.75) is 20.3 Å². The van der Waals surface area contributed by atoms with E-state index in [1.54, 1.807) is 19.0 Å². The van der Waals surface area contributed by atoms with E-state index in [4.69, 9.17) is 0 Å². The number of carbonyl (C=O) groups excluding carboxylic acids is 1. The Bertz CT molecular complexity index is 504. The Balaban J connectivity index is 3.06. The lowest BCUT2D eigenvalue weighted by atomic mass is 10.1. The number of rotatable bonds is 6. The molecule has 0 saturated carbocycles. The molecule has 0 radical (unpaired) electrons. The molecular weight excluding hydrogens is 260 g/mol. The van der Waals surface area contributed by atoms with Gasteiger partial charge in [0.2, 0.25) is 0 Å². The van der Waals surface area contributed by atoms with Crippen molar-refractivity contribution in [2.75, 3.05) is 26.0 Å². The summed E-state index contributed by atoms with van der Waals surface area (Å²) in [5, 5.41) is 13.6. The second-order valence-corrected chi connectivity index (χ2v) is 4.80. The molecule has 7 nitrogen and oxygen atoms in total. The molecule has 1 atom stereocenters. The van der Waals surface area contributed by atoms with Gasteiger partial charge < -0.3 is 10.2 Å². The summed E-state index contributed by atoms with van der Waals surface area (Å²) >= 11 is 0. The molecule has 20 heavy (non-hydrogen) atoms. The van der Waals surface area contributed by atoms with E-state index < -0.39 is 4.92 Å². The quantitative estimate of drug-likeness (QED) is 0.637. The number of carbonyl (C=O) groups is 1. The second-order valence-electron chi connectivity index (χ2n) is 4.80. The zero-order chi connectivity index (χ0) is 15.3. The van der Waals surface area contributed by atoms with E-state index >= 15 is 0 Å². The van der Waals surface area contributed by atoms with Crippen LogP contribution in [0, 0.1) is 16.0 Å². The summed E-state index contributed by atoms with van der Waals surface area (Å²) < 4.78 is 0. The fraction of sp³-hybridized carbons (Fsp3) is 0.538. The standard InChI is InChI=1S/C13H20N4O3/c1-5-9(2)8-16(4)13(18)11-6-10(17(19)20)7-15-12(11)14-3/h6-7,9H,5,8H2,1-4H3,(H,14,15). The van der Waals surface area contributed by atoms with Crippen molar-refractivity contribution in [1.82, 2.24) is 9.88 Å². The molecule has 0 aromatic carbocycles. The molecule has 0 aliphatic carbocycles. The maximum atomic E-state index is 12.4. The maximum Gasteiger partial charge on any atom is 0.288 e. The smallest absolute Gasteiger partial charge is 0.288 e. The minimum Gasteiger partial charge on any atom is -0.372 e. The highest BCUT2D eigenvalue weighted by molar-refractivity contribution is 5.99. The normalized spacial score (nSPS) is 11.8. The van der Waals surface area contributed by atoms with E-state index in [1.165, 1.54) is 6.07 Å². The Morgan fingerprint density at radius 2 is 2.25 bits per heavy atom. The topological polar surface area (TPSA) is 88.4 Å². The lowest BCUT2D eigenvalue weighted by Gasteiger charge is -2.21. The minimum absolute atomic E-state index is 0.190. The van der Waals surface area contributed by atoms with Crippen molar-refractivity contribution in [3.63, 3.8) is 0 Å². The van der Waals surface area contributed by atoms with Crippen LogP contribution in [0.1, 0.15) is 30.6 Å². The monoisotopic (exact) mass is 280 g/mol. The number of hydrogen-bond acceptors (Lipinski definition) is 5. The summed E-state index contributed by atoms with van der Waals surface area (Å²) in [6.07, 6.45) is 2.10. The van der Waals surface area contributed by atoms with Crippen LogP contribution in [0.3, 0.4) is 0 Å². The number of nitrogens with one attached hydrogen (secondary N) is 1. The summed E-state index contributed by atoms with van der Waals surface area (Å²) in [7, 11) is 3.31. The summed E-state index contributed by atoms with van der Waals surface area (Å²) in [5.41, 5.74) is 0.0248. The van der Waals surface area contributed by atoms with E-state index in [1.807, 2.05) is 0 Å². The van der Waals surface area contributed by atoms with Crippen LogP contribution >= 0.6 is 0 Å². The molecule has 1 aromatic rings. The van der Waals surface area contributed by atoms with Crippen LogP contribution < -0.4 is 5.32 Å². The average molecular weight is 280 g/mol. The fourth-order valence-corrected chi connectivity index (χ4v) is 1.80. The van der Waals surface area contributed by atoms with Gasteiger partial charge in [0.05, 0.1) is 10.5 Å². The molecule has 0 aliphatic rings. The highest BCUT2D eigenvalue weighted by atomic mass is 16.6. The van der Waals surface area contributed by atoms with Crippen LogP contribution in [0.4, 0.5) is 11.5 Å². The van der Waals surface area contributed by atoms with Crippen LogP contribution in [0.15, 0.2) is 12.3 Å². The van der Waals surface area contributed by atoms with E-state index in [-0.39, 0.29) is 17.2 Å². The predicted octanol–water partition coefficient (Wildman–Crippen LogP) is 2.15. The molecule has 0 fully saturated rings. The van der Waals surface area contributed by atoms with Gasteiger partial charge in [0, 0.05) is 26.7 Å². The first-order valence-corrected chi connectivity index (χ1v) is 6.48. The summed E-state index contributed by atoms with van der Waals surface area (Å²) in [6.45, 7) is 4.70.